The van der Waals surface area contributed by atoms with Gasteiger partial charge in [-0.2, -0.15) is 0 Å². The molecule has 0 radical (unpaired) electrons. The maximum absolute atomic E-state index is 11.9. The average Bonchev–Trinajstić information content (AvgIpc) is 2.42. The summed E-state index contributed by atoms with van der Waals surface area (Å²) in [6.07, 6.45) is -0.723. The first kappa shape index (κ1) is 20.4. The number of ether oxygens (including phenoxy) is 1. The van der Waals surface area contributed by atoms with Crippen LogP contribution in [0.25, 0.3) is 0 Å². The summed E-state index contributed by atoms with van der Waals surface area (Å²) < 4.78 is 4.47. The van der Waals surface area contributed by atoms with E-state index < -0.39 is 28.5 Å². The third-order valence-electron chi connectivity index (χ3n) is 3.33. The van der Waals surface area contributed by atoms with Crippen molar-refractivity contribution in [3.63, 3.8) is 0 Å². The fraction of sp³-hybridized carbons (Fsp3) is 0.556. The molecule has 0 spiro atoms. The number of rotatable bonds is 6. The maximum atomic E-state index is 11.9. The van der Waals surface area contributed by atoms with Gasteiger partial charge in [-0.05, 0) is 47.1 Å². The first-order valence-electron chi connectivity index (χ1n) is 7.82. The van der Waals surface area contributed by atoms with Gasteiger partial charge in [0, 0.05) is 10.5 Å². The van der Waals surface area contributed by atoms with Crippen LogP contribution in [-0.2, 0) is 15.3 Å². The minimum atomic E-state index is -1.08. The number of carboxylic acids is 1. The van der Waals surface area contributed by atoms with Gasteiger partial charge in [-0.3, -0.25) is 0 Å². The molecule has 1 amide bonds. The summed E-state index contributed by atoms with van der Waals surface area (Å²) in [5.41, 5.74) is 1.62. The maximum Gasteiger partial charge on any atom is 0.408 e. The lowest BCUT2D eigenvalue weighted by Gasteiger charge is -2.32. The van der Waals surface area contributed by atoms with E-state index in [1.54, 1.807) is 20.8 Å². The SMILES string of the molecule is Cc1ccc(CSC(C)(C)[C@@H](NC(=O)OC(C)(C)C)C(=O)O)cc1. The van der Waals surface area contributed by atoms with E-state index in [0.717, 1.165) is 5.56 Å². The van der Waals surface area contributed by atoms with E-state index in [4.69, 9.17) is 4.74 Å². The summed E-state index contributed by atoms with van der Waals surface area (Å²) in [4.78, 5) is 23.5. The van der Waals surface area contributed by atoms with Crippen LogP contribution in [-0.4, -0.2) is 33.6 Å². The molecule has 6 heteroatoms. The van der Waals surface area contributed by atoms with Gasteiger partial charge in [-0.25, -0.2) is 9.59 Å². The van der Waals surface area contributed by atoms with Gasteiger partial charge in [0.1, 0.15) is 11.6 Å². The molecule has 0 aromatic heterocycles. The van der Waals surface area contributed by atoms with E-state index in [1.807, 2.05) is 45.0 Å². The van der Waals surface area contributed by atoms with Crippen LogP contribution in [0.1, 0.15) is 45.7 Å². The van der Waals surface area contributed by atoms with Crippen molar-refractivity contribution in [2.45, 2.75) is 63.7 Å². The van der Waals surface area contributed by atoms with Crippen LogP contribution in [0.5, 0.6) is 0 Å². The van der Waals surface area contributed by atoms with Gasteiger partial charge in [-0.15, -0.1) is 11.8 Å². The number of thioether (sulfide) groups is 1. The number of aryl methyl sites for hydroxylation is 1. The first-order chi connectivity index (χ1) is 10.9. The number of carboxylic acid groups (broad SMARTS) is 1. The zero-order valence-electron chi connectivity index (χ0n) is 15.2. The molecule has 0 saturated carbocycles. The van der Waals surface area contributed by atoms with Crippen molar-refractivity contribution in [3.05, 3.63) is 35.4 Å². The molecule has 0 aliphatic carbocycles. The Labute approximate surface area is 148 Å². The number of amides is 1. The van der Waals surface area contributed by atoms with Crippen molar-refractivity contribution >= 4 is 23.8 Å². The predicted molar refractivity (Wildman–Crippen MR) is 97.3 cm³/mol. The molecule has 0 saturated heterocycles. The number of hydrogen-bond donors (Lipinski definition) is 2. The van der Waals surface area contributed by atoms with Crippen molar-refractivity contribution in [1.29, 1.82) is 0 Å². The molecule has 0 aliphatic heterocycles. The molecule has 2 N–H and O–H groups in total. The largest absolute Gasteiger partial charge is 0.480 e. The molecular formula is C18H27NO4S. The molecule has 1 atom stereocenters. The number of nitrogens with one attached hydrogen (secondary N) is 1. The van der Waals surface area contributed by atoms with E-state index in [9.17, 15) is 14.7 Å². The van der Waals surface area contributed by atoms with E-state index in [-0.39, 0.29) is 0 Å². The molecule has 24 heavy (non-hydrogen) atoms. The highest BCUT2D eigenvalue weighted by molar-refractivity contribution is 7.99. The monoisotopic (exact) mass is 353 g/mol. The molecule has 1 rings (SSSR count). The van der Waals surface area contributed by atoms with E-state index in [0.29, 0.717) is 5.75 Å². The molecule has 1 aromatic carbocycles. The Balaban J connectivity index is 2.75. The summed E-state index contributed by atoms with van der Waals surface area (Å²) in [5, 5.41) is 12.0. The zero-order valence-corrected chi connectivity index (χ0v) is 16.0. The van der Waals surface area contributed by atoms with E-state index in [1.165, 1.54) is 17.3 Å². The summed E-state index contributed by atoms with van der Waals surface area (Å²) >= 11 is 1.48. The van der Waals surface area contributed by atoms with Crippen LogP contribution in [0.15, 0.2) is 24.3 Å². The van der Waals surface area contributed by atoms with Crippen LogP contribution >= 0.6 is 11.8 Å². The Hall–Kier alpha value is -1.69. The normalized spacial score (nSPS) is 13.2. The highest BCUT2D eigenvalue weighted by Gasteiger charge is 2.38. The van der Waals surface area contributed by atoms with Crippen LogP contribution in [0.2, 0.25) is 0 Å². The molecular weight excluding hydrogens is 326 g/mol. The number of carbonyl (C=O) groups excluding carboxylic acids is 1. The fourth-order valence-electron chi connectivity index (χ4n) is 2.00. The van der Waals surface area contributed by atoms with Crippen LogP contribution in [0.4, 0.5) is 4.79 Å². The van der Waals surface area contributed by atoms with Gasteiger partial charge in [0.05, 0.1) is 0 Å². The molecule has 0 aliphatic rings. The number of aliphatic carboxylic acids is 1. The zero-order chi connectivity index (χ0) is 18.5. The summed E-state index contributed by atoms with van der Waals surface area (Å²) in [6, 6.07) is 7.04. The Bertz CT molecular complexity index is 576. The summed E-state index contributed by atoms with van der Waals surface area (Å²) in [7, 11) is 0. The van der Waals surface area contributed by atoms with Crippen molar-refractivity contribution in [2.75, 3.05) is 0 Å². The highest BCUT2D eigenvalue weighted by atomic mass is 32.2. The fourth-order valence-corrected chi connectivity index (χ4v) is 3.05. The molecule has 0 heterocycles. The van der Waals surface area contributed by atoms with Gasteiger partial charge >= 0.3 is 12.1 Å². The third-order valence-corrected chi connectivity index (χ3v) is 4.79. The predicted octanol–water partition coefficient (Wildman–Crippen LogP) is 3.98. The van der Waals surface area contributed by atoms with Crippen molar-refractivity contribution < 1.29 is 19.4 Å². The average molecular weight is 353 g/mol. The Kier molecular flexibility index (Phi) is 6.72. The number of hydrogen-bond acceptors (Lipinski definition) is 4. The lowest BCUT2D eigenvalue weighted by molar-refractivity contribution is -0.140. The van der Waals surface area contributed by atoms with E-state index in [2.05, 4.69) is 5.32 Å². The van der Waals surface area contributed by atoms with Crippen LogP contribution in [0, 0.1) is 6.92 Å². The smallest absolute Gasteiger partial charge is 0.408 e. The number of alkyl carbamates (subject to hydrolysis) is 1. The lowest BCUT2D eigenvalue weighted by Crippen LogP contribution is -2.53. The Morgan fingerprint density at radius 1 is 1.17 bits per heavy atom. The van der Waals surface area contributed by atoms with Gasteiger partial charge in [-0.1, -0.05) is 29.8 Å². The second-order valence-electron chi connectivity index (χ2n) is 7.30. The number of benzene rings is 1. The van der Waals surface area contributed by atoms with Crippen LogP contribution in [0.3, 0.4) is 0 Å². The second kappa shape index (κ2) is 7.92. The summed E-state index contributed by atoms with van der Waals surface area (Å²) in [5.74, 6) is -0.421. The Morgan fingerprint density at radius 2 is 1.71 bits per heavy atom. The molecule has 0 unspecified atom stereocenters. The topological polar surface area (TPSA) is 75.6 Å². The standard InChI is InChI=1S/C18H27NO4S/c1-12-7-9-13(10-8-12)11-24-18(5,6)14(15(20)21)19-16(22)23-17(2,3)4/h7-10,14H,11H2,1-6H3,(H,19,22)(H,20,21)/t14-/m0/s1. The molecule has 5 nitrogen and oxygen atoms in total. The second-order valence-corrected chi connectivity index (χ2v) is 8.92. The third kappa shape index (κ3) is 6.83. The van der Waals surface area contributed by atoms with Crippen molar-refractivity contribution in [2.24, 2.45) is 0 Å². The number of carbonyl (C=O) groups is 2. The minimum Gasteiger partial charge on any atom is -0.480 e. The van der Waals surface area contributed by atoms with E-state index >= 15 is 0 Å². The highest BCUT2D eigenvalue weighted by Crippen LogP contribution is 2.32. The molecule has 0 bridgehead atoms. The Morgan fingerprint density at radius 3 is 2.17 bits per heavy atom. The summed E-state index contributed by atoms with van der Waals surface area (Å²) in [6.45, 7) is 10.8. The van der Waals surface area contributed by atoms with Gasteiger partial charge in [0.25, 0.3) is 0 Å². The quantitative estimate of drug-likeness (QED) is 0.809. The van der Waals surface area contributed by atoms with Gasteiger partial charge < -0.3 is 15.2 Å². The molecule has 1 aromatic rings. The molecule has 0 fully saturated rings. The first-order valence-corrected chi connectivity index (χ1v) is 8.81. The minimum absolute atomic E-state index is 0.660. The van der Waals surface area contributed by atoms with Gasteiger partial charge in [0.2, 0.25) is 0 Å². The van der Waals surface area contributed by atoms with Crippen molar-refractivity contribution in [3.8, 4) is 0 Å². The van der Waals surface area contributed by atoms with Crippen molar-refractivity contribution in [1.82, 2.24) is 5.32 Å². The van der Waals surface area contributed by atoms with Crippen LogP contribution < -0.4 is 5.32 Å². The van der Waals surface area contributed by atoms with Gasteiger partial charge in [0.15, 0.2) is 0 Å². The molecule has 134 valence electrons. The lowest BCUT2D eigenvalue weighted by atomic mass is 10.0.